The van der Waals surface area contributed by atoms with E-state index in [1.54, 1.807) is 18.2 Å². The Bertz CT molecular complexity index is 566. The Morgan fingerprint density at radius 2 is 2.17 bits per heavy atom. The van der Waals surface area contributed by atoms with Gasteiger partial charge in [-0.15, -0.1) is 0 Å². The first-order valence-corrected chi connectivity index (χ1v) is 6.29. The Kier molecular flexibility index (Phi) is 3.93. The van der Waals surface area contributed by atoms with E-state index in [0.29, 0.717) is 16.5 Å². The van der Waals surface area contributed by atoms with Gasteiger partial charge in [0.1, 0.15) is 11.5 Å². The number of halogens is 2. The van der Waals surface area contributed by atoms with Crippen molar-refractivity contribution in [2.24, 2.45) is 0 Å². The molecule has 0 saturated heterocycles. The third kappa shape index (κ3) is 3.27. The Morgan fingerprint density at radius 1 is 1.39 bits per heavy atom. The minimum atomic E-state index is -0.311. The quantitative estimate of drug-likeness (QED) is 0.919. The number of aryl methyl sites for hydroxylation is 1. The van der Waals surface area contributed by atoms with Gasteiger partial charge in [-0.25, -0.2) is 9.97 Å². The molecule has 0 atom stereocenters. The predicted octanol–water partition coefficient (Wildman–Crippen LogP) is 3.45. The van der Waals surface area contributed by atoms with Gasteiger partial charge in [-0.2, -0.15) is 0 Å². The lowest BCUT2D eigenvalue weighted by molar-refractivity contribution is 0.102. The summed E-state index contributed by atoms with van der Waals surface area (Å²) in [5.74, 6) is 0.123. The summed E-state index contributed by atoms with van der Waals surface area (Å²) in [6.45, 7) is 1.82. The molecule has 0 fully saturated rings. The summed E-state index contributed by atoms with van der Waals surface area (Å²) < 4.78 is 0.809. The second kappa shape index (κ2) is 5.46. The minimum absolute atomic E-state index is 0.311. The first-order valence-electron chi connectivity index (χ1n) is 5.12. The van der Waals surface area contributed by atoms with E-state index in [0.717, 1.165) is 10.2 Å². The van der Waals surface area contributed by atoms with E-state index in [1.165, 1.54) is 6.20 Å². The van der Waals surface area contributed by atoms with E-state index >= 15 is 0 Å². The maximum absolute atomic E-state index is 11.9. The molecule has 2 rings (SSSR count). The molecule has 2 heterocycles. The molecule has 0 aliphatic rings. The normalized spacial score (nSPS) is 10.2. The van der Waals surface area contributed by atoms with Crippen LogP contribution in [-0.4, -0.2) is 15.9 Å². The van der Waals surface area contributed by atoms with Crippen LogP contribution in [0.1, 0.15) is 16.2 Å². The number of nitrogens with zero attached hydrogens (tertiary/aromatic N) is 2. The van der Waals surface area contributed by atoms with Crippen LogP contribution in [0.3, 0.4) is 0 Å². The molecule has 4 nitrogen and oxygen atoms in total. The number of nitrogens with one attached hydrogen (secondary N) is 1. The Morgan fingerprint density at radius 3 is 2.78 bits per heavy atom. The molecule has 0 spiro atoms. The summed E-state index contributed by atoms with van der Waals surface area (Å²) in [6.07, 6.45) is 1.47. The summed E-state index contributed by atoms with van der Waals surface area (Å²) >= 11 is 9.04. The molecule has 18 heavy (non-hydrogen) atoms. The molecule has 0 saturated carbocycles. The van der Waals surface area contributed by atoms with Crippen LogP contribution in [0.25, 0.3) is 0 Å². The van der Waals surface area contributed by atoms with Gasteiger partial charge in [-0.05, 0) is 31.2 Å². The lowest BCUT2D eigenvalue weighted by Gasteiger charge is -2.05. The van der Waals surface area contributed by atoms with Gasteiger partial charge in [0.2, 0.25) is 0 Å². The summed E-state index contributed by atoms with van der Waals surface area (Å²) in [6, 6.07) is 6.77. The van der Waals surface area contributed by atoms with Crippen LogP contribution < -0.4 is 5.32 Å². The number of anilines is 1. The number of aromatic nitrogens is 2. The fourth-order valence-corrected chi connectivity index (χ4v) is 2.03. The number of pyridine rings is 2. The molecule has 2 aromatic rings. The number of amides is 1. The van der Waals surface area contributed by atoms with Gasteiger partial charge in [0.25, 0.3) is 5.91 Å². The second-order valence-electron chi connectivity index (χ2n) is 3.63. The summed E-state index contributed by atoms with van der Waals surface area (Å²) in [4.78, 5) is 20.1. The molecular weight excluding hydrogens is 318 g/mol. The largest absolute Gasteiger partial charge is 0.305 e. The average molecular weight is 327 g/mol. The van der Waals surface area contributed by atoms with Crippen LogP contribution in [0.2, 0.25) is 5.02 Å². The van der Waals surface area contributed by atoms with E-state index in [4.69, 9.17) is 11.6 Å². The van der Waals surface area contributed by atoms with Crippen LogP contribution >= 0.6 is 27.5 Å². The fraction of sp³-hybridized carbons (Fsp3) is 0.0833. The van der Waals surface area contributed by atoms with Gasteiger partial charge < -0.3 is 5.32 Å². The number of rotatable bonds is 2. The van der Waals surface area contributed by atoms with E-state index in [1.807, 2.05) is 13.0 Å². The second-order valence-corrected chi connectivity index (χ2v) is 4.98. The van der Waals surface area contributed by atoms with E-state index in [-0.39, 0.29) is 5.91 Å². The standard InChI is InChI=1S/C12H9BrClN3O/c1-7-4-8(13)5-10(16-7)12(18)17-11-3-2-9(14)6-15-11/h2-6H,1H3,(H,15,17,18). The number of carbonyl (C=O) groups is 1. The lowest BCUT2D eigenvalue weighted by atomic mass is 10.3. The predicted molar refractivity (Wildman–Crippen MR) is 73.9 cm³/mol. The van der Waals surface area contributed by atoms with Crippen molar-refractivity contribution in [3.63, 3.8) is 0 Å². The molecular formula is C12H9BrClN3O. The van der Waals surface area contributed by atoms with Gasteiger partial charge in [0.15, 0.2) is 0 Å². The topological polar surface area (TPSA) is 54.9 Å². The molecule has 1 amide bonds. The van der Waals surface area contributed by atoms with Crippen molar-refractivity contribution in [3.8, 4) is 0 Å². The highest BCUT2D eigenvalue weighted by Crippen LogP contribution is 2.14. The first kappa shape index (κ1) is 13.0. The Balaban J connectivity index is 2.19. The Labute approximate surface area is 118 Å². The molecule has 6 heteroatoms. The van der Waals surface area contributed by atoms with Crippen LogP contribution in [0.15, 0.2) is 34.9 Å². The minimum Gasteiger partial charge on any atom is -0.305 e. The smallest absolute Gasteiger partial charge is 0.275 e. The molecule has 0 unspecified atom stereocenters. The number of hydrogen-bond donors (Lipinski definition) is 1. The van der Waals surface area contributed by atoms with Gasteiger partial charge >= 0.3 is 0 Å². The maximum atomic E-state index is 11.9. The highest BCUT2D eigenvalue weighted by atomic mass is 79.9. The van der Waals surface area contributed by atoms with Crippen molar-refractivity contribution in [3.05, 3.63) is 51.3 Å². The summed E-state index contributed by atoms with van der Waals surface area (Å²) in [5, 5.41) is 3.17. The van der Waals surface area contributed by atoms with E-state index in [9.17, 15) is 4.79 Å². The average Bonchev–Trinajstić information content (AvgIpc) is 2.31. The van der Waals surface area contributed by atoms with Crippen molar-refractivity contribution in [1.82, 2.24) is 9.97 Å². The van der Waals surface area contributed by atoms with E-state index in [2.05, 4.69) is 31.2 Å². The maximum Gasteiger partial charge on any atom is 0.275 e. The van der Waals surface area contributed by atoms with Gasteiger partial charge in [0.05, 0.1) is 5.02 Å². The van der Waals surface area contributed by atoms with Crippen LogP contribution in [-0.2, 0) is 0 Å². The molecule has 0 bridgehead atoms. The van der Waals surface area contributed by atoms with Crippen molar-refractivity contribution in [2.75, 3.05) is 5.32 Å². The van der Waals surface area contributed by atoms with Crippen molar-refractivity contribution in [2.45, 2.75) is 6.92 Å². The van der Waals surface area contributed by atoms with Gasteiger partial charge in [-0.1, -0.05) is 27.5 Å². The third-order valence-electron chi connectivity index (χ3n) is 2.12. The molecule has 92 valence electrons. The molecule has 1 N–H and O–H groups in total. The third-order valence-corrected chi connectivity index (χ3v) is 2.80. The zero-order chi connectivity index (χ0) is 13.1. The van der Waals surface area contributed by atoms with Crippen LogP contribution in [0, 0.1) is 6.92 Å². The van der Waals surface area contributed by atoms with Gasteiger partial charge in [0, 0.05) is 16.4 Å². The van der Waals surface area contributed by atoms with Crippen molar-refractivity contribution >= 4 is 39.3 Å². The summed E-state index contributed by atoms with van der Waals surface area (Å²) in [7, 11) is 0. The van der Waals surface area contributed by atoms with Crippen LogP contribution in [0.5, 0.6) is 0 Å². The number of hydrogen-bond acceptors (Lipinski definition) is 3. The molecule has 0 aromatic carbocycles. The first-order chi connectivity index (χ1) is 8.54. The SMILES string of the molecule is Cc1cc(Br)cc(C(=O)Nc2ccc(Cl)cn2)n1. The highest BCUT2D eigenvalue weighted by Gasteiger charge is 2.09. The van der Waals surface area contributed by atoms with Gasteiger partial charge in [-0.3, -0.25) is 4.79 Å². The molecule has 0 aliphatic carbocycles. The summed E-state index contributed by atoms with van der Waals surface area (Å²) in [5.41, 5.74) is 1.09. The van der Waals surface area contributed by atoms with Crippen molar-refractivity contribution in [1.29, 1.82) is 0 Å². The fourth-order valence-electron chi connectivity index (χ4n) is 1.37. The highest BCUT2D eigenvalue weighted by molar-refractivity contribution is 9.10. The zero-order valence-corrected chi connectivity index (χ0v) is 11.8. The molecule has 0 radical (unpaired) electrons. The van der Waals surface area contributed by atoms with Crippen molar-refractivity contribution < 1.29 is 4.79 Å². The Hall–Kier alpha value is -1.46. The monoisotopic (exact) mass is 325 g/mol. The number of carbonyl (C=O) groups excluding carboxylic acids is 1. The molecule has 0 aliphatic heterocycles. The lowest BCUT2D eigenvalue weighted by Crippen LogP contribution is -2.14. The van der Waals surface area contributed by atoms with Crippen LogP contribution in [0.4, 0.5) is 5.82 Å². The molecule has 2 aromatic heterocycles. The zero-order valence-electron chi connectivity index (χ0n) is 9.45. The van der Waals surface area contributed by atoms with E-state index < -0.39 is 0 Å².